The summed E-state index contributed by atoms with van der Waals surface area (Å²) in [5, 5.41) is 5.45. The van der Waals surface area contributed by atoms with E-state index in [0.717, 1.165) is 29.7 Å². The Hall–Kier alpha value is -3.01. The van der Waals surface area contributed by atoms with Crippen molar-refractivity contribution in [1.82, 2.24) is 0 Å². The predicted molar refractivity (Wildman–Crippen MR) is 107 cm³/mol. The van der Waals surface area contributed by atoms with Crippen LogP contribution in [0.1, 0.15) is 40.6 Å². The van der Waals surface area contributed by atoms with Crippen molar-refractivity contribution in [2.24, 2.45) is 0 Å². The summed E-state index contributed by atoms with van der Waals surface area (Å²) in [5.74, 6) is -1.94. The Balaban J connectivity index is 1.68. The number of alkyl halides is 2. The van der Waals surface area contributed by atoms with E-state index >= 15 is 0 Å². The van der Waals surface area contributed by atoms with E-state index in [-0.39, 0.29) is 22.9 Å². The molecule has 10 heteroatoms. The molecule has 2 aromatic rings. The van der Waals surface area contributed by atoms with Crippen LogP contribution < -0.4 is 15.4 Å². The zero-order valence-electron chi connectivity index (χ0n) is 16.1. The van der Waals surface area contributed by atoms with E-state index in [9.17, 15) is 23.2 Å². The summed E-state index contributed by atoms with van der Waals surface area (Å²) < 4.78 is 34.5. The van der Waals surface area contributed by atoms with Crippen LogP contribution in [0.5, 0.6) is 5.75 Å². The van der Waals surface area contributed by atoms with Gasteiger partial charge in [-0.1, -0.05) is 12.1 Å². The van der Waals surface area contributed by atoms with Crippen LogP contribution in [0.3, 0.4) is 0 Å². The number of esters is 1. The SMILES string of the molecule is CC(=O)Nc1sc2c(c1C(=O)OCC(=O)Nc1ccccc1OC(F)F)CCCC2. The first-order valence-electron chi connectivity index (χ1n) is 9.28. The molecule has 0 saturated heterocycles. The summed E-state index contributed by atoms with van der Waals surface area (Å²) in [6.07, 6.45) is 3.44. The summed E-state index contributed by atoms with van der Waals surface area (Å²) in [7, 11) is 0. The number of anilines is 2. The number of para-hydroxylation sites is 2. The van der Waals surface area contributed by atoms with Gasteiger partial charge in [-0.05, 0) is 43.4 Å². The molecular formula is C20H20F2N2O5S. The van der Waals surface area contributed by atoms with Gasteiger partial charge in [0.1, 0.15) is 10.8 Å². The number of ether oxygens (including phenoxy) is 2. The molecule has 160 valence electrons. The lowest BCUT2D eigenvalue weighted by atomic mass is 9.95. The molecule has 0 bridgehead atoms. The standard InChI is InChI=1S/C20H20F2N2O5S/c1-11(25)23-18-17(12-6-2-5-9-15(12)30-18)19(27)28-10-16(26)24-13-7-3-4-8-14(13)29-20(21)22/h3-4,7-8,20H,2,5-6,9-10H2,1H3,(H,23,25)(H,24,26). The van der Waals surface area contributed by atoms with Crippen molar-refractivity contribution in [3.05, 3.63) is 40.3 Å². The molecule has 0 fully saturated rings. The number of halogens is 2. The molecule has 7 nitrogen and oxygen atoms in total. The highest BCUT2D eigenvalue weighted by Crippen LogP contribution is 2.38. The summed E-state index contributed by atoms with van der Waals surface area (Å²) in [6, 6.07) is 5.70. The molecule has 0 saturated carbocycles. The minimum Gasteiger partial charge on any atom is -0.452 e. The molecular weight excluding hydrogens is 418 g/mol. The number of rotatable bonds is 7. The monoisotopic (exact) mass is 438 g/mol. The molecule has 2 N–H and O–H groups in total. The van der Waals surface area contributed by atoms with E-state index in [0.29, 0.717) is 11.4 Å². The fourth-order valence-electron chi connectivity index (χ4n) is 3.19. The molecule has 0 unspecified atom stereocenters. The molecule has 1 heterocycles. The smallest absolute Gasteiger partial charge is 0.387 e. The van der Waals surface area contributed by atoms with Crippen LogP contribution in [0.25, 0.3) is 0 Å². The van der Waals surface area contributed by atoms with E-state index < -0.39 is 25.1 Å². The normalized spacial score (nSPS) is 12.8. The van der Waals surface area contributed by atoms with Crippen molar-refractivity contribution in [2.45, 2.75) is 39.2 Å². The fraction of sp³-hybridized carbons (Fsp3) is 0.350. The molecule has 0 radical (unpaired) electrons. The lowest BCUT2D eigenvalue weighted by Gasteiger charge is -2.13. The molecule has 1 aliphatic carbocycles. The third-order valence-electron chi connectivity index (χ3n) is 4.38. The average Bonchev–Trinajstić information content (AvgIpc) is 3.04. The van der Waals surface area contributed by atoms with Gasteiger partial charge < -0.3 is 20.1 Å². The molecule has 0 aliphatic heterocycles. The van der Waals surface area contributed by atoms with Gasteiger partial charge in [0, 0.05) is 11.8 Å². The van der Waals surface area contributed by atoms with Crippen LogP contribution in [0.4, 0.5) is 19.5 Å². The van der Waals surface area contributed by atoms with E-state index in [2.05, 4.69) is 15.4 Å². The van der Waals surface area contributed by atoms with Gasteiger partial charge >= 0.3 is 12.6 Å². The van der Waals surface area contributed by atoms with Crippen molar-refractivity contribution < 1.29 is 32.6 Å². The number of benzene rings is 1. The van der Waals surface area contributed by atoms with E-state index in [1.807, 2.05) is 0 Å². The summed E-state index contributed by atoms with van der Waals surface area (Å²) >= 11 is 1.34. The largest absolute Gasteiger partial charge is 0.452 e. The highest BCUT2D eigenvalue weighted by Gasteiger charge is 2.27. The number of carbonyl (C=O) groups is 3. The lowest BCUT2D eigenvalue weighted by Crippen LogP contribution is -2.22. The topological polar surface area (TPSA) is 93.7 Å². The molecule has 2 amide bonds. The van der Waals surface area contributed by atoms with E-state index in [4.69, 9.17) is 4.74 Å². The fourth-order valence-corrected chi connectivity index (χ4v) is 4.51. The third-order valence-corrected chi connectivity index (χ3v) is 5.58. The van der Waals surface area contributed by atoms with Crippen LogP contribution in [-0.2, 0) is 27.2 Å². The molecule has 0 spiro atoms. The van der Waals surface area contributed by atoms with Gasteiger partial charge in [-0.15, -0.1) is 11.3 Å². The second-order valence-electron chi connectivity index (χ2n) is 6.60. The van der Waals surface area contributed by atoms with Gasteiger partial charge in [-0.2, -0.15) is 8.78 Å². The van der Waals surface area contributed by atoms with Gasteiger partial charge in [0.05, 0.1) is 11.3 Å². The zero-order valence-corrected chi connectivity index (χ0v) is 16.9. The number of aryl methyl sites for hydroxylation is 1. The van der Waals surface area contributed by atoms with Crippen molar-refractivity contribution in [3.8, 4) is 5.75 Å². The number of nitrogens with one attached hydrogen (secondary N) is 2. The maximum absolute atomic E-state index is 12.7. The number of carbonyl (C=O) groups excluding carboxylic acids is 3. The van der Waals surface area contributed by atoms with Crippen LogP contribution in [-0.4, -0.2) is 31.0 Å². The summed E-state index contributed by atoms with van der Waals surface area (Å²) in [4.78, 5) is 37.4. The van der Waals surface area contributed by atoms with Crippen molar-refractivity contribution in [3.63, 3.8) is 0 Å². The van der Waals surface area contributed by atoms with Gasteiger partial charge in [0.2, 0.25) is 5.91 Å². The molecule has 1 aromatic heterocycles. The second-order valence-corrected chi connectivity index (χ2v) is 7.70. The lowest BCUT2D eigenvalue weighted by molar-refractivity contribution is -0.119. The number of hydrogen-bond donors (Lipinski definition) is 2. The van der Waals surface area contributed by atoms with Gasteiger partial charge in [-0.3, -0.25) is 9.59 Å². The molecule has 3 rings (SSSR count). The highest BCUT2D eigenvalue weighted by molar-refractivity contribution is 7.17. The first-order chi connectivity index (χ1) is 14.3. The number of fused-ring (bicyclic) bond motifs is 1. The summed E-state index contributed by atoms with van der Waals surface area (Å²) in [6.45, 7) is -2.32. The first kappa shape index (κ1) is 21.7. The maximum Gasteiger partial charge on any atom is 0.387 e. The maximum atomic E-state index is 12.7. The Morgan fingerprint density at radius 1 is 1.13 bits per heavy atom. The van der Waals surface area contributed by atoms with Crippen LogP contribution in [0.15, 0.2) is 24.3 Å². The van der Waals surface area contributed by atoms with E-state index in [1.54, 1.807) is 0 Å². The van der Waals surface area contributed by atoms with Crippen LogP contribution in [0, 0.1) is 0 Å². The Labute approximate surface area is 175 Å². The number of amides is 2. The minimum absolute atomic E-state index is 0.0331. The van der Waals surface area contributed by atoms with Crippen LogP contribution >= 0.6 is 11.3 Å². The summed E-state index contributed by atoms with van der Waals surface area (Å²) in [5.41, 5.74) is 1.15. The van der Waals surface area contributed by atoms with Gasteiger partial charge in [0.25, 0.3) is 5.91 Å². The Morgan fingerprint density at radius 2 is 1.87 bits per heavy atom. The van der Waals surface area contributed by atoms with Crippen molar-refractivity contribution in [2.75, 3.05) is 17.2 Å². The highest BCUT2D eigenvalue weighted by atomic mass is 32.1. The Morgan fingerprint density at radius 3 is 2.60 bits per heavy atom. The zero-order chi connectivity index (χ0) is 21.7. The average molecular weight is 438 g/mol. The number of hydrogen-bond acceptors (Lipinski definition) is 6. The second kappa shape index (κ2) is 9.66. The van der Waals surface area contributed by atoms with Crippen molar-refractivity contribution in [1.29, 1.82) is 0 Å². The Kier molecular flexibility index (Phi) is 6.99. The predicted octanol–water partition coefficient (Wildman–Crippen LogP) is 3.98. The van der Waals surface area contributed by atoms with Gasteiger partial charge in [-0.25, -0.2) is 4.79 Å². The van der Waals surface area contributed by atoms with Crippen LogP contribution in [0.2, 0.25) is 0 Å². The molecule has 1 aromatic carbocycles. The van der Waals surface area contributed by atoms with Crippen molar-refractivity contribution >= 4 is 39.8 Å². The van der Waals surface area contributed by atoms with Gasteiger partial charge in [0.15, 0.2) is 6.61 Å². The third kappa shape index (κ3) is 5.32. The number of thiophene rings is 1. The van der Waals surface area contributed by atoms with E-state index in [1.165, 1.54) is 42.5 Å². The minimum atomic E-state index is -3.04. The Bertz CT molecular complexity index is 961. The molecule has 0 atom stereocenters. The quantitative estimate of drug-likeness (QED) is 0.638. The molecule has 30 heavy (non-hydrogen) atoms. The first-order valence-corrected chi connectivity index (χ1v) is 10.1. The molecule has 1 aliphatic rings.